The molecule has 0 aliphatic heterocycles. The van der Waals surface area contributed by atoms with E-state index >= 15 is 0 Å². The first-order valence-corrected chi connectivity index (χ1v) is 14.6. The summed E-state index contributed by atoms with van der Waals surface area (Å²) >= 11 is 0. The topological polar surface area (TPSA) is 13.1 Å². The highest BCUT2D eigenvalue weighted by Crippen LogP contribution is 2.44. The number of fused-ring (bicyclic) bond motifs is 6. The lowest BCUT2D eigenvalue weighted by molar-refractivity contribution is 0.669. The second-order valence-corrected chi connectivity index (χ2v) is 11.1. The van der Waals surface area contributed by atoms with E-state index in [1.165, 1.54) is 43.8 Å². The molecule has 1 heteroatoms. The van der Waals surface area contributed by atoms with Crippen molar-refractivity contribution in [2.45, 2.75) is 0 Å². The van der Waals surface area contributed by atoms with Crippen molar-refractivity contribution in [3.8, 4) is 33.4 Å². The Balaban J connectivity index is 1.27. The Bertz CT molecular complexity index is 2570. The van der Waals surface area contributed by atoms with Crippen molar-refractivity contribution < 1.29 is 7.16 Å². The molecule has 1 nitrogen and oxygen atoms in total. The summed E-state index contributed by atoms with van der Waals surface area (Å²) in [5.41, 5.74) is 8.45. The fourth-order valence-electron chi connectivity index (χ4n) is 6.72. The zero-order valence-electron chi connectivity index (χ0n) is 25.3. The summed E-state index contributed by atoms with van der Waals surface area (Å²) in [5, 5.41) is 9.06. The summed E-state index contributed by atoms with van der Waals surface area (Å²) in [4.78, 5) is 0. The third-order valence-electron chi connectivity index (χ3n) is 8.69. The predicted molar refractivity (Wildman–Crippen MR) is 183 cm³/mol. The van der Waals surface area contributed by atoms with Crippen molar-refractivity contribution in [3.05, 3.63) is 158 Å². The maximum atomic E-state index is 8.28. The molecule has 0 aliphatic rings. The molecule has 43 heavy (non-hydrogen) atoms. The minimum absolute atomic E-state index is 0.403. The van der Waals surface area contributed by atoms with Gasteiger partial charge in [-0.3, -0.25) is 0 Å². The number of hydrogen-bond donors (Lipinski definition) is 0. The molecule has 0 radical (unpaired) electrons. The molecule has 9 aromatic rings. The Hall–Kier alpha value is -5.66. The highest BCUT2D eigenvalue weighted by molar-refractivity contribution is 6.22. The molecule has 1 aromatic heterocycles. The fourth-order valence-corrected chi connectivity index (χ4v) is 6.72. The number of hydrogen-bond acceptors (Lipinski definition) is 1. The highest BCUT2D eigenvalue weighted by Gasteiger charge is 2.17. The Morgan fingerprint density at radius 1 is 0.372 bits per heavy atom. The van der Waals surface area contributed by atoms with Crippen molar-refractivity contribution in [2.24, 2.45) is 0 Å². The quantitative estimate of drug-likeness (QED) is 0.200. The third-order valence-corrected chi connectivity index (χ3v) is 8.69. The van der Waals surface area contributed by atoms with Gasteiger partial charge in [0.15, 0.2) is 0 Å². The van der Waals surface area contributed by atoms with E-state index in [4.69, 9.17) is 7.16 Å². The van der Waals surface area contributed by atoms with E-state index in [0.29, 0.717) is 17.7 Å². The van der Waals surface area contributed by atoms with Crippen LogP contribution in [0.2, 0.25) is 0 Å². The molecule has 0 spiro atoms. The molecule has 0 fully saturated rings. The van der Waals surface area contributed by atoms with Crippen LogP contribution >= 0.6 is 0 Å². The maximum absolute atomic E-state index is 8.28. The average Bonchev–Trinajstić information content (AvgIpc) is 3.46. The molecule has 9 rings (SSSR count). The van der Waals surface area contributed by atoms with Crippen molar-refractivity contribution in [1.82, 2.24) is 0 Å². The van der Waals surface area contributed by atoms with E-state index in [9.17, 15) is 0 Å². The van der Waals surface area contributed by atoms with Gasteiger partial charge in [0.05, 0.1) is 2.74 Å². The van der Waals surface area contributed by atoms with Gasteiger partial charge in [-0.15, -0.1) is 0 Å². The Kier molecular flexibility index (Phi) is 4.83. The molecule has 1 heterocycles. The van der Waals surface area contributed by atoms with Crippen LogP contribution in [-0.4, -0.2) is 0 Å². The van der Waals surface area contributed by atoms with Gasteiger partial charge in [-0.1, -0.05) is 127 Å². The van der Waals surface area contributed by atoms with Gasteiger partial charge in [0, 0.05) is 10.8 Å². The second-order valence-electron chi connectivity index (χ2n) is 11.1. The molecule has 0 atom stereocenters. The van der Waals surface area contributed by atoms with Crippen LogP contribution in [0.1, 0.15) is 2.74 Å². The first kappa shape index (κ1) is 22.0. The van der Waals surface area contributed by atoms with Gasteiger partial charge in [0.1, 0.15) is 11.2 Å². The standard InChI is InChI=1S/C42H26O/c1-2-11-28-24-32(21-20-27(28)10-1)42-36-17-5-3-15-34(36)41(35-16-4-6-18-37(35)42)31-13-9-12-29(25-31)30-22-23-40-38(26-30)33-14-7-8-19-39(33)43-40/h1-26H/i1D,19D. The van der Waals surface area contributed by atoms with Crippen LogP contribution in [0.5, 0.6) is 0 Å². The molecule has 0 unspecified atom stereocenters. The number of rotatable bonds is 3. The zero-order valence-corrected chi connectivity index (χ0v) is 23.3. The second kappa shape index (κ2) is 9.44. The summed E-state index contributed by atoms with van der Waals surface area (Å²) in [6.07, 6.45) is 0. The van der Waals surface area contributed by atoms with Crippen molar-refractivity contribution in [2.75, 3.05) is 0 Å². The van der Waals surface area contributed by atoms with Crippen LogP contribution in [0.3, 0.4) is 0 Å². The fraction of sp³-hybridized carbons (Fsp3) is 0. The third kappa shape index (κ3) is 3.79. The normalized spacial score (nSPS) is 12.4. The number of furan rings is 1. The van der Waals surface area contributed by atoms with Gasteiger partial charge in [0.25, 0.3) is 0 Å². The predicted octanol–water partition coefficient (Wildman–Crippen LogP) is 12.0. The summed E-state index contributed by atoms with van der Waals surface area (Å²) in [6.45, 7) is 0. The van der Waals surface area contributed by atoms with Gasteiger partial charge in [0.2, 0.25) is 0 Å². The minimum Gasteiger partial charge on any atom is -0.456 e. The van der Waals surface area contributed by atoms with Crippen LogP contribution in [0.4, 0.5) is 0 Å². The van der Waals surface area contributed by atoms with E-state index in [0.717, 1.165) is 38.3 Å². The molecule has 0 saturated carbocycles. The average molecular weight is 549 g/mol. The zero-order chi connectivity index (χ0) is 30.1. The first-order valence-electron chi connectivity index (χ1n) is 15.6. The van der Waals surface area contributed by atoms with Gasteiger partial charge in [-0.25, -0.2) is 0 Å². The lowest BCUT2D eigenvalue weighted by Gasteiger charge is -2.18. The molecular weight excluding hydrogens is 520 g/mol. The smallest absolute Gasteiger partial charge is 0.135 e. The van der Waals surface area contributed by atoms with Gasteiger partial charge in [-0.2, -0.15) is 0 Å². The molecule has 0 bridgehead atoms. The largest absolute Gasteiger partial charge is 0.456 e. The lowest BCUT2D eigenvalue weighted by atomic mass is 9.85. The van der Waals surface area contributed by atoms with E-state index in [1.54, 1.807) is 6.07 Å². The molecule has 200 valence electrons. The van der Waals surface area contributed by atoms with Crippen LogP contribution < -0.4 is 0 Å². The SMILES string of the molecule is [2H]c1ccc2cc(-c3c4ccccc4c(-c4cccc(-c5ccc6oc7c([2H])cccc7c6c5)c4)c4ccccc34)ccc2c1. The summed E-state index contributed by atoms with van der Waals surface area (Å²) < 4.78 is 22.4. The number of benzene rings is 8. The molecule has 0 aliphatic carbocycles. The van der Waals surface area contributed by atoms with E-state index < -0.39 is 0 Å². The van der Waals surface area contributed by atoms with Crippen LogP contribution in [0.25, 0.3) is 87.6 Å². The van der Waals surface area contributed by atoms with Gasteiger partial charge >= 0.3 is 0 Å². The lowest BCUT2D eigenvalue weighted by Crippen LogP contribution is -1.91. The highest BCUT2D eigenvalue weighted by atomic mass is 16.3. The molecule has 8 aromatic carbocycles. The Morgan fingerprint density at radius 3 is 1.77 bits per heavy atom. The summed E-state index contributed by atoms with van der Waals surface area (Å²) in [5.74, 6) is 0. The van der Waals surface area contributed by atoms with E-state index in [-0.39, 0.29) is 0 Å². The first-order chi connectivity index (χ1) is 22.1. The summed E-state index contributed by atoms with van der Waals surface area (Å²) in [7, 11) is 0. The van der Waals surface area contributed by atoms with E-state index in [1.807, 2.05) is 36.4 Å². The van der Waals surface area contributed by atoms with E-state index in [2.05, 4.69) is 103 Å². The van der Waals surface area contributed by atoms with Crippen LogP contribution in [-0.2, 0) is 0 Å². The molecule has 0 saturated heterocycles. The van der Waals surface area contributed by atoms with Crippen LogP contribution in [0.15, 0.2) is 162 Å². The van der Waals surface area contributed by atoms with Crippen molar-refractivity contribution >= 4 is 54.3 Å². The van der Waals surface area contributed by atoms with Gasteiger partial charge < -0.3 is 4.42 Å². The number of para-hydroxylation sites is 1. The van der Waals surface area contributed by atoms with Crippen LogP contribution in [0, 0.1) is 0 Å². The molecule has 0 N–H and O–H groups in total. The Morgan fingerprint density at radius 2 is 1.00 bits per heavy atom. The maximum Gasteiger partial charge on any atom is 0.135 e. The summed E-state index contributed by atoms with van der Waals surface area (Å²) in [6, 6.07) is 51.6. The monoisotopic (exact) mass is 548 g/mol. The molecular formula is C42H26O. The van der Waals surface area contributed by atoms with Crippen molar-refractivity contribution in [1.29, 1.82) is 0 Å². The minimum atomic E-state index is 0.403. The molecule has 0 amide bonds. The Labute approximate surface area is 252 Å². The van der Waals surface area contributed by atoms with Gasteiger partial charge in [-0.05, 0) is 96.0 Å². The van der Waals surface area contributed by atoms with Crippen molar-refractivity contribution in [3.63, 3.8) is 0 Å².